The second-order valence-corrected chi connectivity index (χ2v) is 25.5. The number of carbonyl (C=O) groups is 1. The van der Waals surface area contributed by atoms with Crippen LogP contribution >= 0.6 is 0 Å². The third kappa shape index (κ3) is 64.1. The molecule has 0 radical (unpaired) electrons. The Hall–Kier alpha value is -1.09. The first-order valence-corrected chi connectivity index (χ1v) is 36.7. The van der Waals surface area contributed by atoms with E-state index in [-0.39, 0.29) is 11.9 Å². The number of methoxy groups -OCH3 is 1. The molecule has 0 heterocycles. The van der Waals surface area contributed by atoms with Gasteiger partial charge in [0.05, 0.1) is 19.1 Å². The van der Waals surface area contributed by atoms with Gasteiger partial charge in [-0.25, -0.2) is 0 Å². The van der Waals surface area contributed by atoms with Crippen LogP contribution in [-0.4, -0.2) is 24.3 Å². The number of rotatable bonds is 69. The van der Waals surface area contributed by atoms with Crippen molar-refractivity contribution in [2.75, 3.05) is 7.11 Å². The maximum atomic E-state index is 12.5. The van der Waals surface area contributed by atoms with Gasteiger partial charge in [-0.1, -0.05) is 391 Å². The van der Waals surface area contributed by atoms with Gasteiger partial charge < -0.3 is 9.84 Å². The van der Waals surface area contributed by atoms with Crippen molar-refractivity contribution in [1.82, 2.24) is 0 Å². The van der Waals surface area contributed by atoms with Crippen molar-refractivity contribution in [2.45, 2.75) is 437 Å². The van der Waals surface area contributed by atoms with E-state index in [2.05, 4.69) is 38.2 Å². The molecule has 0 amide bonds. The Balaban J connectivity index is 3.38. The summed E-state index contributed by atoms with van der Waals surface area (Å²) in [6, 6.07) is 0. The summed E-state index contributed by atoms with van der Waals surface area (Å²) >= 11 is 0. The monoisotopic (exact) mass is 1100 g/mol. The van der Waals surface area contributed by atoms with E-state index in [1.807, 2.05) is 0 Å². The minimum atomic E-state index is -0.554. The highest BCUT2D eigenvalue weighted by Gasteiger charge is 2.26. The first kappa shape index (κ1) is 76.9. The fourth-order valence-corrected chi connectivity index (χ4v) is 12.2. The number of hydrogen-bond acceptors (Lipinski definition) is 3. The van der Waals surface area contributed by atoms with Crippen LogP contribution < -0.4 is 0 Å². The Morgan fingerprint density at radius 1 is 0.269 bits per heavy atom. The average Bonchev–Trinajstić information content (AvgIpc) is 3.45. The predicted octanol–water partition coefficient (Wildman–Crippen LogP) is 26.6. The van der Waals surface area contributed by atoms with Gasteiger partial charge in [0.15, 0.2) is 0 Å². The van der Waals surface area contributed by atoms with Crippen molar-refractivity contribution < 1.29 is 14.6 Å². The van der Waals surface area contributed by atoms with E-state index < -0.39 is 6.10 Å². The number of aliphatic hydroxyl groups is 1. The molecule has 3 heteroatoms. The minimum absolute atomic E-state index is 0.214. The van der Waals surface area contributed by atoms with Crippen LogP contribution in [0, 0.1) is 5.92 Å². The smallest absolute Gasteiger partial charge is 0.311 e. The molecule has 2 atom stereocenters. The number of ether oxygens (including phenoxy) is 1. The summed E-state index contributed by atoms with van der Waals surface area (Å²) in [4.78, 5) is 12.5. The molecule has 0 bridgehead atoms. The molecule has 78 heavy (non-hydrogen) atoms. The molecule has 0 saturated heterocycles. The summed E-state index contributed by atoms with van der Waals surface area (Å²) in [5.74, 6) is -0.561. The molecule has 0 spiro atoms. The molecular formula is C75H146O3. The van der Waals surface area contributed by atoms with Crippen LogP contribution in [0.1, 0.15) is 431 Å². The summed E-state index contributed by atoms with van der Waals surface area (Å²) in [7, 11) is 1.48. The second-order valence-electron chi connectivity index (χ2n) is 25.5. The third-order valence-corrected chi connectivity index (χ3v) is 17.8. The van der Waals surface area contributed by atoms with E-state index in [9.17, 15) is 9.90 Å². The lowest BCUT2D eigenvalue weighted by Crippen LogP contribution is -2.29. The molecule has 0 aromatic heterocycles. The average molecular weight is 1100 g/mol. The van der Waals surface area contributed by atoms with Crippen LogP contribution in [0.5, 0.6) is 0 Å². The summed E-state index contributed by atoms with van der Waals surface area (Å²) < 4.78 is 5.11. The highest BCUT2D eigenvalue weighted by Crippen LogP contribution is 2.23. The molecule has 3 nitrogen and oxygen atoms in total. The second kappa shape index (κ2) is 70.2. The van der Waals surface area contributed by atoms with Crippen molar-refractivity contribution >= 4 is 5.97 Å². The van der Waals surface area contributed by atoms with Gasteiger partial charge >= 0.3 is 5.97 Å². The lowest BCUT2D eigenvalue weighted by Gasteiger charge is -2.20. The molecule has 0 saturated carbocycles. The highest BCUT2D eigenvalue weighted by molar-refractivity contribution is 5.72. The van der Waals surface area contributed by atoms with Crippen molar-refractivity contribution in [3.63, 3.8) is 0 Å². The van der Waals surface area contributed by atoms with E-state index in [1.54, 1.807) is 0 Å². The van der Waals surface area contributed by atoms with Crippen LogP contribution in [0.4, 0.5) is 0 Å². The zero-order chi connectivity index (χ0) is 56.2. The van der Waals surface area contributed by atoms with Gasteiger partial charge in [0.25, 0.3) is 0 Å². The maximum Gasteiger partial charge on any atom is 0.311 e. The van der Waals surface area contributed by atoms with E-state index in [0.717, 1.165) is 32.1 Å². The Morgan fingerprint density at radius 3 is 0.628 bits per heavy atom. The van der Waals surface area contributed by atoms with Gasteiger partial charge in [0.2, 0.25) is 0 Å². The van der Waals surface area contributed by atoms with E-state index in [1.165, 1.54) is 392 Å². The Labute approximate surface area is 492 Å². The van der Waals surface area contributed by atoms with E-state index in [0.29, 0.717) is 0 Å². The molecule has 0 aliphatic carbocycles. The Kier molecular flexibility index (Phi) is 69.2. The lowest BCUT2D eigenvalue weighted by molar-refractivity contribution is -0.150. The molecule has 0 aromatic rings. The molecule has 1 N–H and O–H groups in total. The summed E-state index contributed by atoms with van der Waals surface area (Å²) in [5, 5.41) is 10.9. The quantitative estimate of drug-likeness (QED) is 0.0375. The van der Waals surface area contributed by atoms with Crippen LogP contribution in [-0.2, 0) is 9.53 Å². The van der Waals surface area contributed by atoms with Gasteiger partial charge in [0, 0.05) is 0 Å². The lowest BCUT2D eigenvalue weighted by atomic mass is 9.91. The third-order valence-electron chi connectivity index (χ3n) is 17.8. The van der Waals surface area contributed by atoms with Crippen LogP contribution in [0.25, 0.3) is 0 Å². The summed E-state index contributed by atoms with van der Waals surface area (Å²) in [6.45, 7) is 4.60. The first-order valence-electron chi connectivity index (χ1n) is 36.7. The van der Waals surface area contributed by atoms with Gasteiger partial charge in [-0.2, -0.15) is 0 Å². The zero-order valence-corrected chi connectivity index (χ0v) is 54.2. The van der Waals surface area contributed by atoms with Gasteiger partial charge in [0.1, 0.15) is 0 Å². The van der Waals surface area contributed by atoms with Crippen molar-refractivity contribution in [1.29, 1.82) is 0 Å². The fourth-order valence-electron chi connectivity index (χ4n) is 12.2. The molecule has 0 rings (SSSR count). The Morgan fingerprint density at radius 2 is 0.436 bits per heavy atom. The largest absolute Gasteiger partial charge is 0.469 e. The molecule has 0 aliphatic heterocycles. The molecule has 0 aliphatic rings. The Bertz CT molecular complexity index is 1140. The van der Waals surface area contributed by atoms with Crippen LogP contribution in [0.2, 0.25) is 0 Å². The van der Waals surface area contributed by atoms with Gasteiger partial charge in [-0.15, -0.1) is 0 Å². The SMILES string of the molecule is CCCCCCCCCCCCCCCCC=CCCCCCCCCCCCCC=CCCCCCCCCCCCCCCCCCCCC(O)C(CCCCCCCCCCCCCCCCCCCC)C(=O)OC. The first-order chi connectivity index (χ1) is 38.7. The summed E-state index contributed by atoms with van der Waals surface area (Å²) in [5.41, 5.74) is 0. The number of hydrogen-bond donors (Lipinski definition) is 1. The number of aliphatic hydroxyl groups excluding tert-OH is 1. The fraction of sp³-hybridized carbons (Fsp3) is 0.933. The van der Waals surface area contributed by atoms with E-state index in [4.69, 9.17) is 4.74 Å². The molecular weight excluding hydrogens is 949 g/mol. The standard InChI is InChI=1S/C75H146O3/c1-4-6-8-10-12-14-16-18-20-22-24-25-26-27-28-29-30-31-32-33-34-35-36-37-38-39-40-41-42-43-44-45-46-47-48-49-50-51-52-53-54-56-58-60-62-64-66-68-70-72-74(76)73(75(77)78-3)71-69-67-65-63-61-59-57-55-23-21-19-17-15-13-11-9-7-5-2/h29-30,43-44,73-74,76H,4-28,31-42,45-72H2,1-3H3. The van der Waals surface area contributed by atoms with Crippen LogP contribution in [0.15, 0.2) is 24.3 Å². The topological polar surface area (TPSA) is 46.5 Å². The highest BCUT2D eigenvalue weighted by atomic mass is 16.5. The molecule has 464 valence electrons. The molecule has 0 fully saturated rings. The number of unbranched alkanes of at least 4 members (excludes halogenated alkanes) is 59. The van der Waals surface area contributed by atoms with Crippen LogP contribution in [0.3, 0.4) is 0 Å². The molecule has 0 aromatic carbocycles. The van der Waals surface area contributed by atoms with E-state index >= 15 is 0 Å². The number of esters is 1. The van der Waals surface area contributed by atoms with Crippen molar-refractivity contribution in [2.24, 2.45) is 5.92 Å². The molecule has 2 unspecified atom stereocenters. The van der Waals surface area contributed by atoms with Crippen molar-refractivity contribution in [3.8, 4) is 0 Å². The minimum Gasteiger partial charge on any atom is -0.469 e. The predicted molar refractivity (Wildman–Crippen MR) is 351 cm³/mol. The van der Waals surface area contributed by atoms with Gasteiger partial charge in [-0.3, -0.25) is 4.79 Å². The normalized spacial score (nSPS) is 12.7. The van der Waals surface area contributed by atoms with Gasteiger partial charge in [-0.05, 0) is 64.2 Å². The van der Waals surface area contributed by atoms with Crippen molar-refractivity contribution in [3.05, 3.63) is 24.3 Å². The number of allylic oxidation sites excluding steroid dienone is 4. The number of carbonyl (C=O) groups excluding carboxylic acids is 1. The maximum absolute atomic E-state index is 12.5. The summed E-state index contributed by atoms with van der Waals surface area (Å²) in [6.07, 6.45) is 98.3. The zero-order valence-electron chi connectivity index (χ0n) is 54.2.